The fourth-order valence-electron chi connectivity index (χ4n) is 2.46. The van der Waals surface area contributed by atoms with Crippen molar-refractivity contribution in [2.45, 2.75) is 6.92 Å². The van der Waals surface area contributed by atoms with Crippen LogP contribution in [0.5, 0.6) is 0 Å². The van der Waals surface area contributed by atoms with Gasteiger partial charge >= 0.3 is 0 Å². The number of pyridine rings is 2. The molecule has 4 heterocycles. The Kier molecular flexibility index (Phi) is 7.75. The molecule has 5 rings (SSSR count). The zero-order chi connectivity index (χ0) is 20.6. The van der Waals surface area contributed by atoms with Crippen molar-refractivity contribution in [2.24, 2.45) is 0 Å². The van der Waals surface area contributed by atoms with Crippen LogP contribution in [0.2, 0.25) is 0 Å². The molecule has 1 aromatic carbocycles. The van der Waals surface area contributed by atoms with E-state index in [0.717, 1.165) is 22.5 Å². The molecule has 0 atom stereocenters. The van der Waals surface area contributed by atoms with Crippen LogP contribution in [0, 0.1) is 13.0 Å². The van der Waals surface area contributed by atoms with Crippen molar-refractivity contribution in [2.75, 3.05) is 0 Å². The van der Waals surface area contributed by atoms with Crippen LogP contribution in [-0.4, -0.2) is 35.5 Å². The molecule has 0 aliphatic carbocycles. The molecule has 0 fully saturated rings. The second-order valence-corrected chi connectivity index (χ2v) is 6.18. The van der Waals surface area contributed by atoms with Crippen LogP contribution in [0.3, 0.4) is 0 Å². The molecule has 0 saturated heterocycles. The van der Waals surface area contributed by atoms with Gasteiger partial charge in [-0.25, -0.2) is 0 Å². The van der Waals surface area contributed by atoms with Gasteiger partial charge in [0.2, 0.25) is 5.82 Å². The second kappa shape index (κ2) is 10.9. The van der Waals surface area contributed by atoms with E-state index in [1.807, 2.05) is 67.7 Å². The summed E-state index contributed by atoms with van der Waals surface area (Å²) >= 11 is 0. The minimum Gasteiger partial charge on any atom is -0.574 e. The summed E-state index contributed by atoms with van der Waals surface area (Å²) in [5.41, 5.74) is 4.28. The first-order valence-corrected chi connectivity index (χ1v) is 9.13. The van der Waals surface area contributed by atoms with Crippen molar-refractivity contribution >= 4 is 0 Å². The zero-order valence-electron chi connectivity index (χ0n) is 16.4. The van der Waals surface area contributed by atoms with E-state index in [0.29, 0.717) is 17.3 Å². The minimum atomic E-state index is 0. The molecule has 0 spiro atoms. The summed E-state index contributed by atoms with van der Waals surface area (Å²) in [6.45, 7) is 2.01. The molecule has 155 valence electrons. The summed E-state index contributed by atoms with van der Waals surface area (Å²) in [7, 11) is 0. The molecule has 0 saturated carbocycles. The van der Waals surface area contributed by atoms with Gasteiger partial charge in [0.05, 0.1) is 0 Å². The maximum absolute atomic E-state index is 4.22. The van der Waals surface area contributed by atoms with Gasteiger partial charge in [0, 0.05) is 44.4 Å². The fraction of sp³-hybridized carbons (Fsp3) is 0.0455. The summed E-state index contributed by atoms with van der Waals surface area (Å²) in [5.74, 6) is 0.866. The standard InChI is InChI=1S/C13H8N5.C9H8N3.Ir/c1-2-6-10(7-3-1)12-15-17-13(18-16-12)11-8-4-5-9-14-11;1-7-2-3-8(10-6-7)9-4-5-11-12-9;/h1-6,8-9H;2-6H,1H3;/q2*-1;. The largest absolute Gasteiger partial charge is 0.574 e. The van der Waals surface area contributed by atoms with Crippen LogP contribution >= 0.6 is 0 Å². The van der Waals surface area contributed by atoms with Crippen molar-refractivity contribution < 1.29 is 20.1 Å². The van der Waals surface area contributed by atoms with E-state index in [9.17, 15) is 0 Å². The monoisotopic (exact) mass is 585 g/mol. The third-order valence-electron chi connectivity index (χ3n) is 3.96. The van der Waals surface area contributed by atoms with Gasteiger partial charge in [0.15, 0.2) is 0 Å². The Balaban J connectivity index is 0.000000183. The number of aromatic nitrogens is 8. The van der Waals surface area contributed by atoms with Crippen LogP contribution in [0.1, 0.15) is 5.56 Å². The summed E-state index contributed by atoms with van der Waals surface area (Å²) in [6, 6.07) is 21.8. The van der Waals surface area contributed by atoms with Gasteiger partial charge in [-0.05, 0) is 30.7 Å². The van der Waals surface area contributed by atoms with E-state index in [4.69, 9.17) is 0 Å². The first-order chi connectivity index (χ1) is 14.8. The van der Waals surface area contributed by atoms with Crippen LogP contribution < -0.4 is 5.10 Å². The Bertz CT molecular complexity index is 1110. The van der Waals surface area contributed by atoms with Gasteiger partial charge in [0.1, 0.15) is 11.5 Å². The molecule has 5 aromatic rings. The van der Waals surface area contributed by atoms with Crippen LogP contribution in [0.4, 0.5) is 0 Å². The number of hydrogen-bond acceptors (Lipinski definition) is 7. The summed E-state index contributed by atoms with van der Waals surface area (Å²) < 4.78 is 0. The molecule has 8 nitrogen and oxygen atoms in total. The maximum Gasteiger partial charge on any atom is 0.220 e. The fourth-order valence-corrected chi connectivity index (χ4v) is 2.46. The molecule has 31 heavy (non-hydrogen) atoms. The normalized spacial score (nSPS) is 9.84. The van der Waals surface area contributed by atoms with Gasteiger partial charge in [-0.3, -0.25) is 9.97 Å². The number of nitrogens with zero attached hydrogens (tertiary/aromatic N) is 8. The van der Waals surface area contributed by atoms with Gasteiger partial charge in [-0.2, -0.15) is 10.2 Å². The number of aryl methyl sites for hydroxylation is 1. The predicted octanol–water partition coefficient (Wildman–Crippen LogP) is 3.20. The van der Waals surface area contributed by atoms with E-state index >= 15 is 0 Å². The van der Waals surface area contributed by atoms with Gasteiger partial charge in [0.25, 0.3) is 0 Å². The topological polar surface area (TPSA) is 104 Å². The molecule has 0 unspecified atom stereocenters. The van der Waals surface area contributed by atoms with Crippen molar-refractivity contribution in [1.82, 2.24) is 40.6 Å². The Morgan fingerprint density at radius 1 is 0.742 bits per heavy atom. The second-order valence-electron chi connectivity index (χ2n) is 6.18. The first kappa shape index (κ1) is 22.0. The molecule has 0 amide bonds. The van der Waals surface area contributed by atoms with Crippen molar-refractivity contribution in [3.05, 3.63) is 90.9 Å². The maximum atomic E-state index is 4.22. The van der Waals surface area contributed by atoms with Crippen LogP contribution in [0.25, 0.3) is 34.3 Å². The molecule has 0 N–H and O–H groups in total. The third-order valence-corrected chi connectivity index (χ3v) is 3.96. The van der Waals surface area contributed by atoms with Crippen LogP contribution in [-0.2, 0) is 20.1 Å². The van der Waals surface area contributed by atoms with E-state index in [2.05, 4.69) is 46.6 Å². The average molecular weight is 585 g/mol. The first-order valence-electron chi connectivity index (χ1n) is 9.13. The summed E-state index contributed by atoms with van der Waals surface area (Å²) in [6.07, 6.45) is 5.17. The average Bonchev–Trinajstić information content (AvgIpc) is 3.36. The van der Waals surface area contributed by atoms with E-state index in [1.165, 1.54) is 0 Å². The van der Waals surface area contributed by atoms with Gasteiger partial charge < -0.3 is 10.2 Å². The number of rotatable bonds is 3. The Labute approximate surface area is 192 Å². The van der Waals surface area contributed by atoms with Crippen molar-refractivity contribution in [3.63, 3.8) is 0 Å². The third kappa shape index (κ3) is 5.91. The summed E-state index contributed by atoms with van der Waals surface area (Å²) in [5, 5.41) is 23.7. The molecule has 0 bridgehead atoms. The van der Waals surface area contributed by atoms with Gasteiger partial charge in [-0.15, -0.1) is 46.1 Å². The van der Waals surface area contributed by atoms with E-state index in [1.54, 1.807) is 18.5 Å². The van der Waals surface area contributed by atoms with Crippen molar-refractivity contribution in [3.8, 4) is 34.3 Å². The summed E-state index contributed by atoms with van der Waals surface area (Å²) in [4.78, 5) is 8.36. The van der Waals surface area contributed by atoms with Crippen molar-refractivity contribution in [1.29, 1.82) is 0 Å². The molecule has 0 aliphatic heterocycles. The molecule has 4 aromatic heterocycles. The molecule has 1 radical (unpaired) electrons. The molecular formula is C22H16IrN8-2. The van der Waals surface area contributed by atoms with E-state index < -0.39 is 0 Å². The quantitative estimate of drug-likeness (QED) is 0.298. The van der Waals surface area contributed by atoms with E-state index in [-0.39, 0.29) is 20.1 Å². The number of hydrogen-bond donors (Lipinski definition) is 0. The Morgan fingerprint density at radius 3 is 2.16 bits per heavy atom. The zero-order valence-corrected chi connectivity index (χ0v) is 18.8. The smallest absolute Gasteiger partial charge is 0.220 e. The van der Waals surface area contributed by atoms with Gasteiger partial charge in [-0.1, -0.05) is 23.9 Å². The molecule has 0 aliphatic rings. The Hall–Kier alpha value is -3.68. The van der Waals surface area contributed by atoms with Crippen LogP contribution in [0.15, 0.2) is 79.3 Å². The molecular weight excluding hydrogens is 569 g/mol. The minimum absolute atomic E-state index is 0. The predicted molar refractivity (Wildman–Crippen MR) is 111 cm³/mol. The number of benzene rings is 1. The SMILES string of the molecule is Cc1ccc(-c2ccn[n-]2)nc1.[Ir].[c-]1ccccc1-c1nnc(-c2ccccn2)nn1. The molecule has 9 heteroatoms. The Morgan fingerprint density at radius 2 is 1.55 bits per heavy atom.